The quantitative estimate of drug-likeness (QED) is 0.196. The number of ether oxygens (including phenoxy) is 1. The SMILES string of the molecule is c1ccc(-c2c3ccccc3c(-c3ccc4c5c(cccc35)-c3ccccc3Oc3ccccc3-4)c3ccccc23)cc1. The van der Waals surface area contributed by atoms with Crippen LogP contribution in [0.15, 0.2) is 158 Å². The number of fused-ring (bicyclic) bond motifs is 6. The van der Waals surface area contributed by atoms with Crippen LogP contribution in [0, 0.1) is 0 Å². The molecule has 8 aromatic rings. The third-order valence-electron chi connectivity index (χ3n) is 8.88. The number of benzene rings is 8. The first-order chi connectivity index (χ1) is 21.4. The third kappa shape index (κ3) is 3.58. The Morgan fingerprint density at radius 2 is 0.721 bits per heavy atom. The van der Waals surface area contributed by atoms with Gasteiger partial charge in [0.2, 0.25) is 0 Å². The Hall–Kier alpha value is -5.66. The second-order valence-corrected chi connectivity index (χ2v) is 11.2. The lowest BCUT2D eigenvalue weighted by molar-refractivity contribution is 0.486. The van der Waals surface area contributed by atoms with Crippen molar-refractivity contribution >= 4 is 32.3 Å². The molecule has 0 spiro atoms. The molecule has 1 aliphatic rings. The maximum absolute atomic E-state index is 6.56. The van der Waals surface area contributed by atoms with Crippen LogP contribution in [0.25, 0.3) is 76.8 Å². The van der Waals surface area contributed by atoms with E-state index in [4.69, 9.17) is 4.74 Å². The van der Waals surface area contributed by atoms with E-state index < -0.39 is 0 Å². The van der Waals surface area contributed by atoms with Gasteiger partial charge < -0.3 is 4.74 Å². The molecule has 8 aromatic carbocycles. The van der Waals surface area contributed by atoms with Crippen molar-refractivity contribution in [3.8, 4) is 56.0 Å². The molecule has 0 N–H and O–H groups in total. The van der Waals surface area contributed by atoms with Crippen molar-refractivity contribution in [2.45, 2.75) is 0 Å². The van der Waals surface area contributed by atoms with Crippen molar-refractivity contribution < 1.29 is 4.74 Å². The summed E-state index contributed by atoms with van der Waals surface area (Å²) < 4.78 is 6.56. The Morgan fingerprint density at radius 1 is 0.279 bits per heavy atom. The third-order valence-corrected chi connectivity index (χ3v) is 8.88. The number of para-hydroxylation sites is 2. The monoisotopic (exact) mass is 546 g/mol. The van der Waals surface area contributed by atoms with Gasteiger partial charge in [0.05, 0.1) is 0 Å². The van der Waals surface area contributed by atoms with Gasteiger partial charge in [-0.3, -0.25) is 0 Å². The molecule has 0 unspecified atom stereocenters. The van der Waals surface area contributed by atoms with Gasteiger partial charge in [-0.2, -0.15) is 0 Å². The molecule has 0 bridgehead atoms. The average molecular weight is 547 g/mol. The lowest BCUT2D eigenvalue weighted by atomic mass is 9.82. The van der Waals surface area contributed by atoms with Gasteiger partial charge >= 0.3 is 0 Å². The molecule has 0 radical (unpaired) electrons. The van der Waals surface area contributed by atoms with Crippen molar-refractivity contribution in [1.82, 2.24) is 0 Å². The second kappa shape index (κ2) is 9.44. The van der Waals surface area contributed by atoms with Gasteiger partial charge in [0, 0.05) is 11.1 Å². The normalized spacial score (nSPS) is 11.9. The van der Waals surface area contributed by atoms with E-state index in [9.17, 15) is 0 Å². The lowest BCUT2D eigenvalue weighted by Crippen LogP contribution is -1.98. The van der Waals surface area contributed by atoms with Crippen LogP contribution in [0.1, 0.15) is 0 Å². The minimum absolute atomic E-state index is 0.876. The first-order valence-corrected chi connectivity index (χ1v) is 14.8. The van der Waals surface area contributed by atoms with Crippen LogP contribution in [0.4, 0.5) is 0 Å². The van der Waals surface area contributed by atoms with E-state index in [1.54, 1.807) is 0 Å². The number of hydrogen-bond donors (Lipinski definition) is 0. The zero-order chi connectivity index (χ0) is 28.3. The molecule has 0 saturated heterocycles. The molecule has 1 heteroatoms. The zero-order valence-corrected chi connectivity index (χ0v) is 23.4. The summed E-state index contributed by atoms with van der Waals surface area (Å²) in [5.74, 6) is 1.75. The zero-order valence-electron chi connectivity index (χ0n) is 23.4. The summed E-state index contributed by atoms with van der Waals surface area (Å²) in [6.07, 6.45) is 0. The van der Waals surface area contributed by atoms with Crippen LogP contribution >= 0.6 is 0 Å². The van der Waals surface area contributed by atoms with Crippen molar-refractivity contribution in [2.75, 3.05) is 0 Å². The fraction of sp³-hybridized carbons (Fsp3) is 0. The molecule has 1 nitrogen and oxygen atoms in total. The van der Waals surface area contributed by atoms with Gasteiger partial charge in [0.1, 0.15) is 11.5 Å². The van der Waals surface area contributed by atoms with Crippen LogP contribution in [-0.2, 0) is 0 Å². The number of rotatable bonds is 2. The summed E-state index contributed by atoms with van der Waals surface area (Å²) >= 11 is 0. The summed E-state index contributed by atoms with van der Waals surface area (Å²) in [5.41, 5.74) is 9.62. The minimum Gasteiger partial charge on any atom is -0.456 e. The molecule has 1 heterocycles. The average Bonchev–Trinajstić information content (AvgIpc) is 3.07. The van der Waals surface area contributed by atoms with E-state index in [1.807, 2.05) is 12.1 Å². The minimum atomic E-state index is 0.876. The first-order valence-electron chi connectivity index (χ1n) is 14.8. The Morgan fingerprint density at radius 3 is 1.35 bits per heavy atom. The van der Waals surface area contributed by atoms with Gasteiger partial charge in [0.15, 0.2) is 0 Å². The van der Waals surface area contributed by atoms with Crippen molar-refractivity contribution in [2.24, 2.45) is 0 Å². The Kier molecular flexibility index (Phi) is 5.27. The molecular weight excluding hydrogens is 520 g/mol. The van der Waals surface area contributed by atoms with Crippen LogP contribution < -0.4 is 4.74 Å². The molecular formula is C42H26O. The topological polar surface area (TPSA) is 9.23 Å². The van der Waals surface area contributed by atoms with E-state index in [-0.39, 0.29) is 0 Å². The summed E-state index contributed by atoms with van der Waals surface area (Å²) in [7, 11) is 0. The molecule has 0 atom stereocenters. The van der Waals surface area contributed by atoms with Gasteiger partial charge in [-0.1, -0.05) is 146 Å². The van der Waals surface area contributed by atoms with E-state index in [1.165, 1.54) is 65.7 Å². The largest absolute Gasteiger partial charge is 0.456 e. The maximum Gasteiger partial charge on any atom is 0.135 e. The highest BCUT2D eigenvalue weighted by Crippen LogP contribution is 2.51. The smallest absolute Gasteiger partial charge is 0.135 e. The molecule has 43 heavy (non-hydrogen) atoms. The van der Waals surface area contributed by atoms with Crippen molar-refractivity contribution in [3.05, 3.63) is 158 Å². The first kappa shape index (κ1) is 24.0. The fourth-order valence-corrected chi connectivity index (χ4v) is 7.08. The maximum atomic E-state index is 6.56. The van der Waals surface area contributed by atoms with Gasteiger partial charge in [-0.05, 0) is 77.8 Å². The summed E-state index contributed by atoms with van der Waals surface area (Å²) in [4.78, 5) is 0. The van der Waals surface area contributed by atoms with Crippen LogP contribution in [0.5, 0.6) is 11.5 Å². The van der Waals surface area contributed by atoms with Crippen LogP contribution in [0.2, 0.25) is 0 Å². The highest BCUT2D eigenvalue weighted by atomic mass is 16.5. The van der Waals surface area contributed by atoms with Crippen LogP contribution in [-0.4, -0.2) is 0 Å². The molecule has 0 amide bonds. The molecule has 200 valence electrons. The Labute approximate surface area is 250 Å². The van der Waals surface area contributed by atoms with Gasteiger partial charge in [0.25, 0.3) is 0 Å². The molecule has 0 aromatic heterocycles. The molecule has 0 fully saturated rings. The second-order valence-electron chi connectivity index (χ2n) is 11.2. The van der Waals surface area contributed by atoms with Crippen molar-refractivity contribution in [3.63, 3.8) is 0 Å². The van der Waals surface area contributed by atoms with Crippen LogP contribution in [0.3, 0.4) is 0 Å². The fourth-order valence-electron chi connectivity index (χ4n) is 7.08. The standard InChI is InChI=1S/C42H26O/c1-2-13-27(14-3-1)40-31-17-4-6-19-33(31)42(34-20-7-5-18-32(34)40)37-26-25-36-29-16-9-11-24-39(29)43-38-23-10-8-15-28(38)30-21-12-22-35(37)41(30)36/h1-26H. The number of hydrogen-bond acceptors (Lipinski definition) is 1. The summed E-state index contributed by atoms with van der Waals surface area (Å²) in [5, 5.41) is 7.54. The Bertz CT molecular complexity index is 2260. The lowest BCUT2D eigenvalue weighted by Gasteiger charge is -2.23. The van der Waals surface area contributed by atoms with E-state index in [2.05, 4.69) is 146 Å². The van der Waals surface area contributed by atoms with E-state index >= 15 is 0 Å². The summed E-state index contributed by atoms with van der Waals surface area (Å²) in [6, 6.07) is 56.7. The highest BCUT2D eigenvalue weighted by Gasteiger charge is 2.23. The van der Waals surface area contributed by atoms with Crippen molar-refractivity contribution in [1.29, 1.82) is 0 Å². The van der Waals surface area contributed by atoms with E-state index in [0.29, 0.717) is 0 Å². The highest BCUT2D eigenvalue weighted by molar-refractivity contribution is 6.25. The van der Waals surface area contributed by atoms with Gasteiger partial charge in [-0.25, -0.2) is 0 Å². The summed E-state index contributed by atoms with van der Waals surface area (Å²) in [6.45, 7) is 0. The molecule has 1 aliphatic heterocycles. The molecule has 0 aliphatic carbocycles. The predicted molar refractivity (Wildman–Crippen MR) is 181 cm³/mol. The van der Waals surface area contributed by atoms with E-state index in [0.717, 1.165) is 22.6 Å². The van der Waals surface area contributed by atoms with Gasteiger partial charge in [-0.15, -0.1) is 0 Å². The molecule has 0 saturated carbocycles. The predicted octanol–water partition coefficient (Wildman–Crippen LogP) is 11.9. The molecule has 9 rings (SSSR count). The Balaban J connectivity index is 1.45.